The van der Waals surface area contributed by atoms with Gasteiger partial charge in [0.2, 0.25) is 0 Å². The average molecular weight is 343 g/mol. The summed E-state index contributed by atoms with van der Waals surface area (Å²) in [4.78, 5) is 1.57. The van der Waals surface area contributed by atoms with Crippen LogP contribution in [0.5, 0.6) is 0 Å². The summed E-state index contributed by atoms with van der Waals surface area (Å²) < 4.78 is 23.9. The standard InChI is InChI=1S/C18H30O2S2/c1-5-6-7-8-9-10-15-21-16-11-13-17(14-12-16)22(19,20)18(2,3)4/h11-14H,5-10,15H2,1-4H3. The molecule has 0 aliphatic carbocycles. The number of hydrogen-bond donors (Lipinski definition) is 0. The van der Waals surface area contributed by atoms with E-state index in [9.17, 15) is 8.42 Å². The molecule has 0 aliphatic heterocycles. The zero-order valence-corrected chi connectivity index (χ0v) is 16.0. The first kappa shape index (κ1) is 19.6. The second kappa shape index (κ2) is 8.97. The molecule has 22 heavy (non-hydrogen) atoms. The fourth-order valence-corrected chi connectivity index (χ4v) is 4.26. The summed E-state index contributed by atoms with van der Waals surface area (Å²) in [7, 11) is -3.24. The van der Waals surface area contributed by atoms with Gasteiger partial charge in [0, 0.05) is 4.90 Å². The van der Waals surface area contributed by atoms with E-state index in [1.165, 1.54) is 38.5 Å². The minimum absolute atomic E-state index is 0.420. The van der Waals surface area contributed by atoms with Gasteiger partial charge in [0.1, 0.15) is 0 Å². The van der Waals surface area contributed by atoms with Crippen molar-refractivity contribution in [2.24, 2.45) is 0 Å². The summed E-state index contributed by atoms with van der Waals surface area (Å²) >= 11 is 1.82. The van der Waals surface area contributed by atoms with Gasteiger partial charge >= 0.3 is 0 Å². The number of benzene rings is 1. The highest BCUT2D eigenvalue weighted by atomic mass is 32.2. The van der Waals surface area contributed by atoms with Crippen molar-refractivity contribution in [1.82, 2.24) is 0 Å². The quantitative estimate of drug-likeness (QED) is 0.426. The van der Waals surface area contributed by atoms with Crippen LogP contribution in [0, 0.1) is 0 Å². The molecule has 0 radical (unpaired) electrons. The van der Waals surface area contributed by atoms with Gasteiger partial charge in [-0.2, -0.15) is 0 Å². The molecule has 0 heterocycles. The molecule has 126 valence electrons. The second-order valence-corrected chi connectivity index (χ2v) is 10.6. The predicted molar refractivity (Wildman–Crippen MR) is 97.5 cm³/mol. The molecule has 0 aliphatic rings. The van der Waals surface area contributed by atoms with E-state index >= 15 is 0 Å². The van der Waals surface area contributed by atoms with Gasteiger partial charge < -0.3 is 0 Å². The number of rotatable bonds is 9. The largest absolute Gasteiger partial charge is 0.223 e. The first-order valence-electron chi connectivity index (χ1n) is 8.26. The molecular formula is C18H30O2S2. The predicted octanol–water partition coefficient (Wildman–Crippen LogP) is 5.71. The Morgan fingerprint density at radius 2 is 1.45 bits per heavy atom. The van der Waals surface area contributed by atoms with E-state index in [-0.39, 0.29) is 0 Å². The topological polar surface area (TPSA) is 34.1 Å². The molecule has 1 aromatic carbocycles. The summed E-state index contributed by atoms with van der Waals surface area (Å²) in [5, 5.41) is 0. The molecule has 0 N–H and O–H groups in total. The van der Waals surface area contributed by atoms with Crippen molar-refractivity contribution >= 4 is 21.6 Å². The van der Waals surface area contributed by atoms with Crippen LogP contribution in [0.2, 0.25) is 0 Å². The van der Waals surface area contributed by atoms with E-state index in [0.29, 0.717) is 4.90 Å². The molecule has 0 atom stereocenters. The van der Waals surface area contributed by atoms with Gasteiger partial charge in [-0.25, -0.2) is 8.42 Å². The minimum atomic E-state index is -3.24. The van der Waals surface area contributed by atoms with Gasteiger partial charge in [-0.05, 0) is 57.2 Å². The number of sulfone groups is 1. The molecular weight excluding hydrogens is 312 g/mol. The molecule has 0 fully saturated rings. The van der Waals surface area contributed by atoms with Gasteiger partial charge in [0.25, 0.3) is 0 Å². The summed E-state index contributed by atoms with van der Waals surface area (Å²) in [6, 6.07) is 7.34. The Balaban J connectivity index is 2.43. The summed E-state index contributed by atoms with van der Waals surface area (Å²) in [5.74, 6) is 1.11. The smallest absolute Gasteiger partial charge is 0.183 e. The highest BCUT2D eigenvalue weighted by Crippen LogP contribution is 2.27. The lowest BCUT2D eigenvalue weighted by Gasteiger charge is -2.19. The first-order chi connectivity index (χ1) is 10.3. The van der Waals surface area contributed by atoms with Crippen LogP contribution in [-0.4, -0.2) is 18.9 Å². The lowest BCUT2D eigenvalue weighted by molar-refractivity contribution is 0.560. The summed E-state index contributed by atoms with van der Waals surface area (Å²) in [6.07, 6.45) is 7.84. The van der Waals surface area contributed by atoms with Crippen molar-refractivity contribution in [2.45, 2.75) is 80.8 Å². The normalized spacial score (nSPS) is 12.5. The van der Waals surface area contributed by atoms with Crippen LogP contribution in [-0.2, 0) is 9.84 Å². The Labute approximate surface area is 141 Å². The number of unbranched alkanes of at least 4 members (excludes halogenated alkanes) is 5. The van der Waals surface area contributed by atoms with Crippen molar-refractivity contribution < 1.29 is 8.42 Å². The Morgan fingerprint density at radius 3 is 2.00 bits per heavy atom. The Bertz CT molecular complexity index is 525. The van der Waals surface area contributed by atoms with Crippen LogP contribution in [0.25, 0.3) is 0 Å². The van der Waals surface area contributed by atoms with E-state index in [0.717, 1.165) is 10.6 Å². The molecule has 2 nitrogen and oxygen atoms in total. The van der Waals surface area contributed by atoms with Crippen LogP contribution in [0.1, 0.15) is 66.2 Å². The van der Waals surface area contributed by atoms with Crippen LogP contribution >= 0.6 is 11.8 Å². The maximum absolute atomic E-state index is 12.3. The van der Waals surface area contributed by atoms with Crippen LogP contribution in [0.4, 0.5) is 0 Å². The lowest BCUT2D eigenvalue weighted by Crippen LogP contribution is -2.27. The van der Waals surface area contributed by atoms with Crippen molar-refractivity contribution in [1.29, 1.82) is 0 Å². The van der Waals surface area contributed by atoms with Crippen LogP contribution in [0.15, 0.2) is 34.1 Å². The van der Waals surface area contributed by atoms with E-state index in [4.69, 9.17) is 0 Å². The minimum Gasteiger partial charge on any atom is -0.223 e. The van der Waals surface area contributed by atoms with Crippen molar-refractivity contribution in [3.63, 3.8) is 0 Å². The van der Waals surface area contributed by atoms with E-state index < -0.39 is 14.6 Å². The third-order valence-corrected chi connectivity index (χ3v) is 7.31. The number of thioether (sulfide) groups is 1. The van der Waals surface area contributed by atoms with Gasteiger partial charge in [0.15, 0.2) is 9.84 Å². The summed E-state index contributed by atoms with van der Waals surface area (Å²) in [6.45, 7) is 7.45. The molecule has 1 rings (SSSR count). The number of hydrogen-bond acceptors (Lipinski definition) is 3. The van der Waals surface area contributed by atoms with Gasteiger partial charge in [-0.15, -0.1) is 11.8 Å². The van der Waals surface area contributed by atoms with Crippen molar-refractivity contribution in [3.8, 4) is 0 Å². The Hall–Kier alpha value is -0.480. The zero-order chi connectivity index (χ0) is 16.6. The van der Waals surface area contributed by atoms with Crippen LogP contribution < -0.4 is 0 Å². The highest BCUT2D eigenvalue weighted by molar-refractivity contribution is 7.99. The van der Waals surface area contributed by atoms with E-state index in [1.54, 1.807) is 32.9 Å². The molecule has 0 bridgehead atoms. The Kier molecular flexibility index (Phi) is 7.98. The average Bonchev–Trinajstić information content (AvgIpc) is 2.45. The Morgan fingerprint density at radius 1 is 0.909 bits per heavy atom. The maximum atomic E-state index is 12.3. The molecule has 4 heteroatoms. The highest BCUT2D eigenvalue weighted by Gasteiger charge is 2.30. The lowest BCUT2D eigenvalue weighted by atomic mass is 10.1. The van der Waals surface area contributed by atoms with Gasteiger partial charge in [0.05, 0.1) is 9.64 Å². The van der Waals surface area contributed by atoms with Gasteiger partial charge in [-0.3, -0.25) is 0 Å². The summed E-state index contributed by atoms with van der Waals surface area (Å²) in [5.41, 5.74) is 0. The third kappa shape index (κ3) is 5.96. The molecule has 0 saturated heterocycles. The first-order valence-corrected chi connectivity index (χ1v) is 10.7. The monoisotopic (exact) mass is 342 g/mol. The molecule has 0 aromatic heterocycles. The van der Waals surface area contributed by atoms with E-state index in [2.05, 4.69) is 6.92 Å². The van der Waals surface area contributed by atoms with Crippen LogP contribution in [0.3, 0.4) is 0 Å². The zero-order valence-electron chi connectivity index (χ0n) is 14.4. The van der Waals surface area contributed by atoms with E-state index in [1.807, 2.05) is 23.9 Å². The second-order valence-electron chi connectivity index (χ2n) is 6.70. The van der Waals surface area contributed by atoms with Crippen molar-refractivity contribution in [2.75, 3.05) is 5.75 Å². The fraction of sp³-hybridized carbons (Fsp3) is 0.667. The molecule has 0 saturated carbocycles. The maximum Gasteiger partial charge on any atom is 0.183 e. The fourth-order valence-electron chi connectivity index (χ4n) is 2.14. The van der Waals surface area contributed by atoms with Crippen molar-refractivity contribution in [3.05, 3.63) is 24.3 Å². The van der Waals surface area contributed by atoms with Gasteiger partial charge in [-0.1, -0.05) is 39.0 Å². The SMILES string of the molecule is CCCCCCCCSc1ccc(S(=O)(=O)C(C)(C)C)cc1. The third-order valence-electron chi connectivity index (χ3n) is 3.71. The molecule has 0 spiro atoms. The molecule has 1 aromatic rings. The molecule has 0 amide bonds. The molecule has 0 unspecified atom stereocenters.